The Hall–Kier alpha value is -2.18. The van der Waals surface area contributed by atoms with E-state index in [1.54, 1.807) is 6.20 Å². The minimum atomic E-state index is 0.612. The van der Waals surface area contributed by atoms with Crippen molar-refractivity contribution >= 4 is 0 Å². The van der Waals surface area contributed by atoms with E-state index in [2.05, 4.69) is 47.3 Å². The summed E-state index contributed by atoms with van der Waals surface area (Å²) in [5.74, 6) is 0. The second-order valence-electron chi connectivity index (χ2n) is 4.62. The molecule has 0 spiro atoms. The van der Waals surface area contributed by atoms with Crippen molar-refractivity contribution in [3.8, 4) is 6.07 Å². The van der Waals surface area contributed by atoms with Gasteiger partial charge in [0.2, 0.25) is 0 Å². The molecule has 19 heavy (non-hydrogen) atoms. The predicted molar refractivity (Wildman–Crippen MR) is 75.4 cm³/mol. The lowest BCUT2D eigenvalue weighted by atomic mass is 10.2. The van der Waals surface area contributed by atoms with Crippen LogP contribution < -0.4 is 0 Å². The maximum Gasteiger partial charge on any atom is 0.101 e. The Kier molecular flexibility index (Phi) is 4.66. The number of nitrogens with zero attached hydrogens (tertiary/aromatic N) is 3. The van der Waals surface area contributed by atoms with Gasteiger partial charge in [-0.3, -0.25) is 4.98 Å². The summed E-state index contributed by atoms with van der Waals surface area (Å²) < 4.78 is 0. The molecule has 3 nitrogen and oxygen atoms in total. The van der Waals surface area contributed by atoms with Crippen molar-refractivity contribution in [3.63, 3.8) is 0 Å². The number of pyridine rings is 1. The smallest absolute Gasteiger partial charge is 0.101 e. The van der Waals surface area contributed by atoms with Gasteiger partial charge in [0.25, 0.3) is 0 Å². The summed E-state index contributed by atoms with van der Waals surface area (Å²) in [4.78, 5) is 6.55. The van der Waals surface area contributed by atoms with Crippen LogP contribution in [0.4, 0.5) is 0 Å². The molecule has 2 aromatic rings. The minimum absolute atomic E-state index is 0.612. The largest absolute Gasteiger partial charge is 0.302 e. The zero-order valence-corrected chi connectivity index (χ0v) is 11.1. The van der Waals surface area contributed by atoms with Crippen LogP contribution in [0.15, 0.2) is 48.7 Å². The van der Waals surface area contributed by atoms with E-state index in [0.29, 0.717) is 5.56 Å². The molecular weight excluding hydrogens is 234 g/mol. The fourth-order valence-corrected chi connectivity index (χ4v) is 1.92. The van der Waals surface area contributed by atoms with Gasteiger partial charge in [0.05, 0.1) is 5.56 Å². The number of benzene rings is 1. The number of hydrogen-bond donors (Lipinski definition) is 0. The minimum Gasteiger partial charge on any atom is -0.302 e. The van der Waals surface area contributed by atoms with E-state index in [-0.39, 0.29) is 0 Å². The van der Waals surface area contributed by atoms with Gasteiger partial charge in [0, 0.05) is 31.4 Å². The zero-order chi connectivity index (χ0) is 13.5. The van der Waals surface area contributed by atoms with Gasteiger partial charge in [0.15, 0.2) is 0 Å². The van der Waals surface area contributed by atoms with Crippen LogP contribution in [0.2, 0.25) is 0 Å². The Morgan fingerprint density at radius 2 is 1.95 bits per heavy atom. The molecular formula is C16H17N3. The van der Waals surface area contributed by atoms with Crippen LogP contribution in [0.1, 0.15) is 16.8 Å². The molecule has 0 atom stereocenters. The number of aromatic nitrogens is 1. The highest BCUT2D eigenvalue weighted by atomic mass is 15.1. The van der Waals surface area contributed by atoms with Gasteiger partial charge < -0.3 is 4.90 Å². The van der Waals surface area contributed by atoms with Crippen molar-refractivity contribution in [2.45, 2.75) is 13.0 Å². The van der Waals surface area contributed by atoms with Crippen LogP contribution in [-0.4, -0.2) is 23.5 Å². The highest BCUT2D eigenvalue weighted by Crippen LogP contribution is 2.04. The molecule has 0 unspecified atom stereocenters. The molecule has 2 rings (SSSR count). The van der Waals surface area contributed by atoms with Crippen molar-refractivity contribution in [1.82, 2.24) is 9.88 Å². The van der Waals surface area contributed by atoms with Gasteiger partial charge in [-0.25, -0.2) is 0 Å². The lowest BCUT2D eigenvalue weighted by Gasteiger charge is -2.16. The van der Waals surface area contributed by atoms with Gasteiger partial charge in [-0.2, -0.15) is 5.26 Å². The Labute approximate surface area is 114 Å². The molecule has 1 aromatic heterocycles. The summed E-state index contributed by atoms with van der Waals surface area (Å²) in [6.45, 7) is 1.89. The maximum atomic E-state index is 8.71. The summed E-state index contributed by atoms with van der Waals surface area (Å²) in [6, 6.07) is 16.2. The Morgan fingerprint density at radius 1 is 1.16 bits per heavy atom. The lowest BCUT2D eigenvalue weighted by Crippen LogP contribution is -2.21. The zero-order valence-electron chi connectivity index (χ0n) is 11.1. The Bertz CT molecular complexity index is 540. The molecule has 0 N–H and O–H groups in total. The number of rotatable bonds is 5. The average Bonchev–Trinajstić information content (AvgIpc) is 2.47. The van der Waals surface area contributed by atoms with E-state index in [1.165, 1.54) is 5.56 Å². The van der Waals surface area contributed by atoms with Gasteiger partial charge >= 0.3 is 0 Å². The summed E-state index contributed by atoms with van der Waals surface area (Å²) in [7, 11) is 2.11. The van der Waals surface area contributed by atoms with Gasteiger partial charge in [-0.05, 0) is 24.7 Å². The van der Waals surface area contributed by atoms with E-state index >= 15 is 0 Å². The van der Waals surface area contributed by atoms with Gasteiger partial charge in [-0.1, -0.05) is 30.3 Å². The van der Waals surface area contributed by atoms with Crippen molar-refractivity contribution in [3.05, 3.63) is 65.5 Å². The normalized spacial score (nSPS) is 10.4. The third-order valence-electron chi connectivity index (χ3n) is 3.00. The number of nitriles is 1. The summed E-state index contributed by atoms with van der Waals surface area (Å²) in [5.41, 5.74) is 2.96. The second-order valence-corrected chi connectivity index (χ2v) is 4.62. The second kappa shape index (κ2) is 6.67. The fourth-order valence-electron chi connectivity index (χ4n) is 1.92. The van der Waals surface area contributed by atoms with Crippen LogP contribution in [0.5, 0.6) is 0 Å². The van der Waals surface area contributed by atoms with Crippen molar-refractivity contribution in [2.24, 2.45) is 0 Å². The Balaban J connectivity index is 1.83. The quantitative estimate of drug-likeness (QED) is 0.820. The first-order valence-corrected chi connectivity index (χ1v) is 6.35. The molecule has 96 valence electrons. The fraction of sp³-hybridized carbons (Fsp3) is 0.250. The predicted octanol–water partition coefficient (Wildman–Crippen LogP) is 2.63. The summed E-state index contributed by atoms with van der Waals surface area (Å²) in [5, 5.41) is 8.71. The highest BCUT2D eigenvalue weighted by Gasteiger charge is 2.02. The third kappa shape index (κ3) is 4.20. The molecule has 0 saturated heterocycles. The molecule has 0 amide bonds. The van der Waals surface area contributed by atoms with E-state index in [4.69, 9.17) is 5.26 Å². The molecule has 0 aliphatic carbocycles. The first-order valence-electron chi connectivity index (χ1n) is 6.35. The van der Waals surface area contributed by atoms with Gasteiger partial charge in [-0.15, -0.1) is 0 Å². The standard InChI is InChI=1S/C16H17N3/c1-19(13-14-5-3-2-4-6-14)10-9-16-8-7-15(11-17)12-18-16/h2-8,12H,9-10,13H2,1H3. The van der Waals surface area contributed by atoms with Crippen LogP contribution >= 0.6 is 0 Å². The number of hydrogen-bond acceptors (Lipinski definition) is 3. The molecule has 0 bridgehead atoms. The first kappa shape index (κ1) is 13.3. The van der Waals surface area contributed by atoms with Crippen molar-refractivity contribution in [2.75, 3.05) is 13.6 Å². The molecule has 0 aliphatic rings. The van der Waals surface area contributed by atoms with Crippen LogP contribution in [0.25, 0.3) is 0 Å². The first-order chi connectivity index (χ1) is 9.28. The molecule has 0 fully saturated rings. The van der Waals surface area contributed by atoms with Crippen molar-refractivity contribution < 1.29 is 0 Å². The van der Waals surface area contributed by atoms with E-state index in [0.717, 1.165) is 25.2 Å². The summed E-state index contributed by atoms with van der Waals surface area (Å²) in [6.07, 6.45) is 2.53. The van der Waals surface area contributed by atoms with E-state index in [9.17, 15) is 0 Å². The summed E-state index contributed by atoms with van der Waals surface area (Å²) >= 11 is 0. The molecule has 0 saturated carbocycles. The van der Waals surface area contributed by atoms with E-state index < -0.39 is 0 Å². The highest BCUT2D eigenvalue weighted by molar-refractivity contribution is 5.26. The lowest BCUT2D eigenvalue weighted by molar-refractivity contribution is 0.330. The molecule has 0 radical (unpaired) electrons. The SMILES string of the molecule is CN(CCc1ccc(C#N)cn1)Cc1ccccc1. The maximum absolute atomic E-state index is 8.71. The molecule has 3 heteroatoms. The van der Waals surface area contributed by atoms with Crippen LogP contribution in [0, 0.1) is 11.3 Å². The van der Waals surface area contributed by atoms with Gasteiger partial charge in [0.1, 0.15) is 6.07 Å². The third-order valence-corrected chi connectivity index (χ3v) is 3.00. The number of likely N-dealkylation sites (N-methyl/N-ethyl adjacent to an activating group) is 1. The van der Waals surface area contributed by atoms with Crippen molar-refractivity contribution in [1.29, 1.82) is 5.26 Å². The monoisotopic (exact) mass is 251 g/mol. The van der Waals surface area contributed by atoms with E-state index in [1.807, 2.05) is 18.2 Å². The molecule has 0 aliphatic heterocycles. The van der Waals surface area contributed by atoms with Crippen LogP contribution in [0.3, 0.4) is 0 Å². The average molecular weight is 251 g/mol. The van der Waals surface area contributed by atoms with Crippen LogP contribution in [-0.2, 0) is 13.0 Å². The molecule has 1 aromatic carbocycles. The topological polar surface area (TPSA) is 39.9 Å². The Morgan fingerprint density at radius 3 is 2.58 bits per heavy atom. The molecule has 1 heterocycles.